The van der Waals surface area contributed by atoms with E-state index in [1.54, 1.807) is 0 Å². The Morgan fingerprint density at radius 1 is 1.33 bits per heavy atom. The number of nitrogens with one attached hydrogen (secondary N) is 1. The van der Waals surface area contributed by atoms with Crippen LogP contribution in [0.2, 0.25) is 0 Å². The Kier molecular flexibility index (Phi) is 2.57. The minimum atomic E-state index is -0.186. The normalized spacial score (nSPS) is 29.9. The van der Waals surface area contributed by atoms with Crippen LogP contribution in [-0.2, 0) is 4.79 Å². The predicted octanol–water partition coefficient (Wildman–Crippen LogP) is 2.06. The Labute approximate surface area is 91.3 Å². The standard InChI is InChI=1S/C12H20N2O/c1-12(2)9(8-10(12)13)11(15)14-6-4-3-5-7-14/h9,13H,3-8H2,1-2H3/t9-/m1/s1. The summed E-state index contributed by atoms with van der Waals surface area (Å²) in [6, 6.07) is 0. The van der Waals surface area contributed by atoms with Gasteiger partial charge in [0.1, 0.15) is 0 Å². The molecule has 1 heterocycles. The third-order valence-electron chi connectivity index (χ3n) is 4.02. The molecular formula is C12H20N2O. The third-order valence-corrected chi connectivity index (χ3v) is 4.02. The molecular weight excluding hydrogens is 188 g/mol. The molecule has 1 amide bonds. The Morgan fingerprint density at radius 3 is 2.40 bits per heavy atom. The van der Waals surface area contributed by atoms with Gasteiger partial charge in [-0.1, -0.05) is 13.8 Å². The summed E-state index contributed by atoms with van der Waals surface area (Å²) in [4.78, 5) is 14.2. The molecule has 0 radical (unpaired) electrons. The molecule has 1 saturated heterocycles. The molecule has 3 heteroatoms. The largest absolute Gasteiger partial charge is 0.342 e. The Balaban J connectivity index is 1.99. The van der Waals surface area contributed by atoms with Crippen LogP contribution in [0.4, 0.5) is 0 Å². The van der Waals surface area contributed by atoms with Crippen LogP contribution in [0.1, 0.15) is 39.5 Å². The maximum atomic E-state index is 12.2. The number of likely N-dealkylation sites (tertiary alicyclic amines) is 1. The second-order valence-corrected chi connectivity index (χ2v) is 5.34. The summed E-state index contributed by atoms with van der Waals surface area (Å²) in [5.74, 6) is 0.360. The highest BCUT2D eigenvalue weighted by atomic mass is 16.2. The molecule has 2 fully saturated rings. The molecule has 0 spiro atoms. The number of carbonyl (C=O) groups excluding carboxylic acids is 1. The topological polar surface area (TPSA) is 44.2 Å². The second-order valence-electron chi connectivity index (χ2n) is 5.34. The SMILES string of the molecule is CC1(C)C(=N)C[C@@H]1C(=O)N1CCCCC1. The summed E-state index contributed by atoms with van der Waals surface area (Å²) in [7, 11) is 0. The fourth-order valence-corrected chi connectivity index (χ4v) is 2.53. The van der Waals surface area contributed by atoms with E-state index in [1.807, 2.05) is 18.7 Å². The van der Waals surface area contributed by atoms with Gasteiger partial charge in [0.05, 0.1) is 5.92 Å². The molecule has 84 valence electrons. The molecule has 0 bridgehead atoms. The van der Waals surface area contributed by atoms with Crippen molar-refractivity contribution in [3.05, 3.63) is 0 Å². The summed E-state index contributed by atoms with van der Waals surface area (Å²) >= 11 is 0. The zero-order valence-electron chi connectivity index (χ0n) is 9.68. The zero-order valence-corrected chi connectivity index (χ0v) is 9.68. The van der Waals surface area contributed by atoms with Crippen LogP contribution in [0, 0.1) is 16.7 Å². The van der Waals surface area contributed by atoms with Gasteiger partial charge in [-0.05, 0) is 25.7 Å². The van der Waals surface area contributed by atoms with E-state index in [4.69, 9.17) is 5.41 Å². The lowest BCUT2D eigenvalue weighted by Gasteiger charge is -2.46. The highest BCUT2D eigenvalue weighted by Gasteiger charge is 2.49. The highest BCUT2D eigenvalue weighted by molar-refractivity contribution is 6.02. The third kappa shape index (κ3) is 1.68. The van der Waals surface area contributed by atoms with Crippen LogP contribution >= 0.6 is 0 Å². The number of piperidine rings is 1. The summed E-state index contributed by atoms with van der Waals surface area (Å²) in [6.45, 7) is 5.90. The first kappa shape index (κ1) is 10.7. The quantitative estimate of drug-likeness (QED) is 0.704. The molecule has 1 aliphatic heterocycles. The molecule has 0 aromatic carbocycles. The zero-order chi connectivity index (χ0) is 11.1. The van der Waals surface area contributed by atoms with Gasteiger partial charge in [-0.2, -0.15) is 0 Å². The number of carbonyl (C=O) groups is 1. The van der Waals surface area contributed by atoms with Gasteiger partial charge >= 0.3 is 0 Å². The van der Waals surface area contributed by atoms with E-state index in [-0.39, 0.29) is 17.2 Å². The van der Waals surface area contributed by atoms with Gasteiger partial charge in [-0.3, -0.25) is 4.79 Å². The number of hydrogen-bond donors (Lipinski definition) is 1. The number of amides is 1. The molecule has 1 atom stereocenters. The van der Waals surface area contributed by atoms with E-state index in [9.17, 15) is 4.79 Å². The van der Waals surface area contributed by atoms with Gasteiger partial charge in [0.15, 0.2) is 0 Å². The lowest BCUT2D eigenvalue weighted by molar-refractivity contribution is -0.140. The van der Waals surface area contributed by atoms with Crippen molar-refractivity contribution < 1.29 is 4.79 Å². The lowest BCUT2D eigenvalue weighted by Crippen LogP contribution is -2.54. The smallest absolute Gasteiger partial charge is 0.226 e. The minimum absolute atomic E-state index is 0.0723. The van der Waals surface area contributed by atoms with Gasteiger partial charge in [-0.25, -0.2) is 0 Å². The molecule has 2 rings (SSSR count). The number of rotatable bonds is 1. The Bertz CT molecular complexity index is 290. The van der Waals surface area contributed by atoms with Crippen molar-refractivity contribution in [1.29, 1.82) is 5.41 Å². The lowest BCUT2D eigenvalue weighted by atomic mass is 9.60. The van der Waals surface area contributed by atoms with Crippen LogP contribution < -0.4 is 0 Å². The maximum absolute atomic E-state index is 12.2. The monoisotopic (exact) mass is 208 g/mol. The first-order valence-corrected chi connectivity index (χ1v) is 5.90. The number of nitrogens with zero attached hydrogens (tertiary/aromatic N) is 1. The van der Waals surface area contributed by atoms with Crippen LogP contribution in [0.3, 0.4) is 0 Å². The molecule has 2 aliphatic rings. The first-order chi connectivity index (χ1) is 7.03. The van der Waals surface area contributed by atoms with E-state index in [0.29, 0.717) is 6.42 Å². The van der Waals surface area contributed by atoms with E-state index >= 15 is 0 Å². The van der Waals surface area contributed by atoms with Crippen LogP contribution in [-0.4, -0.2) is 29.6 Å². The van der Waals surface area contributed by atoms with Crippen molar-refractivity contribution in [3.63, 3.8) is 0 Å². The first-order valence-electron chi connectivity index (χ1n) is 5.90. The Morgan fingerprint density at radius 2 is 1.93 bits per heavy atom. The molecule has 0 aromatic rings. The molecule has 3 nitrogen and oxygen atoms in total. The van der Waals surface area contributed by atoms with Gasteiger partial charge in [0.25, 0.3) is 0 Å². The fourth-order valence-electron chi connectivity index (χ4n) is 2.53. The van der Waals surface area contributed by atoms with Gasteiger partial charge < -0.3 is 10.3 Å². The van der Waals surface area contributed by atoms with E-state index in [0.717, 1.165) is 31.6 Å². The van der Waals surface area contributed by atoms with Crippen molar-refractivity contribution >= 4 is 11.6 Å². The predicted molar refractivity (Wildman–Crippen MR) is 60.0 cm³/mol. The van der Waals surface area contributed by atoms with Gasteiger partial charge in [0.2, 0.25) is 5.91 Å². The van der Waals surface area contributed by atoms with Crippen LogP contribution in [0.5, 0.6) is 0 Å². The average Bonchev–Trinajstić information content (AvgIpc) is 2.26. The van der Waals surface area contributed by atoms with Crippen LogP contribution in [0.15, 0.2) is 0 Å². The summed E-state index contributed by atoms with van der Waals surface area (Å²) < 4.78 is 0. The van der Waals surface area contributed by atoms with E-state index < -0.39 is 0 Å². The van der Waals surface area contributed by atoms with Gasteiger partial charge in [-0.15, -0.1) is 0 Å². The molecule has 15 heavy (non-hydrogen) atoms. The average molecular weight is 208 g/mol. The van der Waals surface area contributed by atoms with Gasteiger partial charge in [0, 0.05) is 24.2 Å². The molecule has 1 aliphatic carbocycles. The molecule has 0 unspecified atom stereocenters. The molecule has 1 N–H and O–H groups in total. The highest BCUT2D eigenvalue weighted by Crippen LogP contribution is 2.43. The van der Waals surface area contributed by atoms with Crippen molar-refractivity contribution in [3.8, 4) is 0 Å². The van der Waals surface area contributed by atoms with Crippen molar-refractivity contribution in [2.24, 2.45) is 11.3 Å². The second kappa shape index (κ2) is 3.62. The summed E-state index contributed by atoms with van der Waals surface area (Å²) in [5.41, 5.74) is 0.548. The van der Waals surface area contributed by atoms with Crippen molar-refractivity contribution in [2.45, 2.75) is 39.5 Å². The summed E-state index contributed by atoms with van der Waals surface area (Å²) in [5, 5.41) is 7.70. The maximum Gasteiger partial charge on any atom is 0.226 e. The fraction of sp³-hybridized carbons (Fsp3) is 0.833. The molecule has 0 aromatic heterocycles. The number of hydrogen-bond acceptors (Lipinski definition) is 2. The van der Waals surface area contributed by atoms with Crippen molar-refractivity contribution in [2.75, 3.05) is 13.1 Å². The van der Waals surface area contributed by atoms with E-state index in [2.05, 4.69) is 0 Å². The van der Waals surface area contributed by atoms with Crippen LogP contribution in [0.25, 0.3) is 0 Å². The van der Waals surface area contributed by atoms with E-state index in [1.165, 1.54) is 6.42 Å². The summed E-state index contributed by atoms with van der Waals surface area (Å²) in [6.07, 6.45) is 4.24. The van der Waals surface area contributed by atoms with Crippen molar-refractivity contribution in [1.82, 2.24) is 4.90 Å². The Hall–Kier alpha value is -0.860. The minimum Gasteiger partial charge on any atom is -0.342 e. The molecule has 1 saturated carbocycles.